The van der Waals surface area contributed by atoms with E-state index in [1.165, 1.54) is 42.5 Å². The summed E-state index contributed by atoms with van der Waals surface area (Å²) >= 11 is 0. The fourth-order valence-corrected chi connectivity index (χ4v) is 2.25. The van der Waals surface area contributed by atoms with E-state index >= 15 is 0 Å². The molecule has 1 heterocycles. The second-order valence-corrected chi connectivity index (χ2v) is 4.36. The van der Waals surface area contributed by atoms with Crippen LogP contribution in [0.3, 0.4) is 0 Å². The molecule has 1 fully saturated rings. The summed E-state index contributed by atoms with van der Waals surface area (Å²) in [6.45, 7) is 5.56. The van der Waals surface area contributed by atoms with E-state index in [4.69, 9.17) is 0 Å². The van der Waals surface area contributed by atoms with E-state index in [1.54, 1.807) is 0 Å². The zero-order valence-electron chi connectivity index (χ0n) is 9.14. The van der Waals surface area contributed by atoms with Gasteiger partial charge in [-0.3, -0.25) is 0 Å². The third-order valence-corrected chi connectivity index (χ3v) is 3.12. The van der Waals surface area contributed by atoms with Crippen LogP contribution in [-0.4, -0.2) is 6.54 Å². The molecule has 2 rings (SSSR count). The van der Waals surface area contributed by atoms with Gasteiger partial charge in [0.05, 0.1) is 0 Å². The fraction of sp³-hybridized carbons (Fsp3) is 0.538. The molecular formula is C13H19N. The molecule has 1 heteroatoms. The molecule has 0 radical (unpaired) electrons. The summed E-state index contributed by atoms with van der Waals surface area (Å²) < 4.78 is 0. The van der Waals surface area contributed by atoms with E-state index in [-0.39, 0.29) is 0 Å². The van der Waals surface area contributed by atoms with Crippen LogP contribution in [0.2, 0.25) is 0 Å². The van der Waals surface area contributed by atoms with Crippen LogP contribution in [0.15, 0.2) is 18.2 Å². The highest BCUT2D eigenvalue weighted by Gasteiger charge is 2.15. The highest BCUT2D eigenvalue weighted by atomic mass is 14.9. The Balaban J connectivity index is 2.24. The van der Waals surface area contributed by atoms with Crippen LogP contribution >= 0.6 is 0 Å². The van der Waals surface area contributed by atoms with E-state index in [0.717, 1.165) is 0 Å². The lowest BCUT2D eigenvalue weighted by Gasteiger charge is -2.25. The molecule has 1 aromatic rings. The maximum absolute atomic E-state index is 3.60. The Bertz CT molecular complexity index is 311. The van der Waals surface area contributed by atoms with Crippen LogP contribution in [0.4, 0.5) is 0 Å². The summed E-state index contributed by atoms with van der Waals surface area (Å²) in [5.41, 5.74) is 4.30. The molecule has 0 aliphatic carbocycles. The fourth-order valence-electron chi connectivity index (χ4n) is 2.25. The minimum atomic E-state index is 0.601. The summed E-state index contributed by atoms with van der Waals surface area (Å²) in [7, 11) is 0. The number of hydrogen-bond donors (Lipinski definition) is 1. The molecule has 1 aliphatic heterocycles. The van der Waals surface area contributed by atoms with E-state index < -0.39 is 0 Å². The lowest BCUT2D eigenvalue weighted by Crippen LogP contribution is -2.27. The monoisotopic (exact) mass is 189 g/mol. The van der Waals surface area contributed by atoms with Crippen LogP contribution < -0.4 is 5.32 Å². The van der Waals surface area contributed by atoms with Gasteiger partial charge in [-0.2, -0.15) is 0 Å². The normalized spacial score (nSPS) is 22.3. The second kappa shape index (κ2) is 4.14. The van der Waals surface area contributed by atoms with E-state index in [1.807, 2.05) is 0 Å². The molecule has 0 bridgehead atoms. The van der Waals surface area contributed by atoms with Gasteiger partial charge in [0.25, 0.3) is 0 Å². The van der Waals surface area contributed by atoms with E-state index in [0.29, 0.717) is 6.04 Å². The second-order valence-electron chi connectivity index (χ2n) is 4.36. The van der Waals surface area contributed by atoms with Crippen LogP contribution in [-0.2, 0) is 0 Å². The van der Waals surface area contributed by atoms with Crippen molar-refractivity contribution in [1.82, 2.24) is 5.32 Å². The molecule has 1 nitrogen and oxygen atoms in total. The minimum Gasteiger partial charge on any atom is -0.310 e. The summed E-state index contributed by atoms with van der Waals surface area (Å²) in [5.74, 6) is 0. The van der Waals surface area contributed by atoms with Crippen molar-refractivity contribution in [1.29, 1.82) is 0 Å². The van der Waals surface area contributed by atoms with Gasteiger partial charge in [-0.25, -0.2) is 0 Å². The lowest BCUT2D eigenvalue weighted by atomic mass is 9.93. The Morgan fingerprint density at radius 2 is 2.07 bits per heavy atom. The maximum atomic E-state index is 3.60. The van der Waals surface area contributed by atoms with Crippen molar-refractivity contribution in [2.24, 2.45) is 0 Å². The Labute approximate surface area is 86.5 Å². The summed E-state index contributed by atoms with van der Waals surface area (Å²) in [6.07, 6.45) is 4.00. The van der Waals surface area contributed by atoms with E-state index in [2.05, 4.69) is 37.4 Å². The summed E-state index contributed by atoms with van der Waals surface area (Å²) in [5, 5.41) is 3.60. The van der Waals surface area contributed by atoms with Gasteiger partial charge in [-0.1, -0.05) is 30.2 Å². The first-order valence-electron chi connectivity index (χ1n) is 5.58. The number of nitrogens with one attached hydrogen (secondary N) is 1. The molecule has 0 amide bonds. The van der Waals surface area contributed by atoms with Gasteiger partial charge in [-0.15, -0.1) is 0 Å². The predicted octanol–water partition coefficient (Wildman–Crippen LogP) is 3.12. The molecule has 1 N–H and O–H groups in total. The van der Waals surface area contributed by atoms with Crippen molar-refractivity contribution in [3.05, 3.63) is 34.9 Å². The van der Waals surface area contributed by atoms with Gasteiger partial charge < -0.3 is 5.32 Å². The first-order valence-corrected chi connectivity index (χ1v) is 5.58. The molecule has 1 aliphatic rings. The average Bonchev–Trinajstić information content (AvgIpc) is 2.23. The van der Waals surface area contributed by atoms with Crippen molar-refractivity contribution in [3.63, 3.8) is 0 Å². The quantitative estimate of drug-likeness (QED) is 0.715. The molecular weight excluding hydrogens is 170 g/mol. The number of hydrogen-bond acceptors (Lipinski definition) is 1. The summed E-state index contributed by atoms with van der Waals surface area (Å²) in [4.78, 5) is 0. The number of benzene rings is 1. The van der Waals surface area contributed by atoms with Gasteiger partial charge in [0, 0.05) is 6.04 Å². The maximum Gasteiger partial charge on any atom is 0.0322 e. The topological polar surface area (TPSA) is 12.0 Å². The van der Waals surface area contributed by atoms with Crippen LogP contribution in [0.5, 0.6) is 0 Å². The summed E-state index contributed by atoms with van der Waals surface area (Å²) in [6, 6.07) is 7.37. The molecule has 0 unspecified atom stereocenters. The smallest absolute Gasteiger partial charge is 0.0322 e. The van der Waals surface area contributed by atoms with Crippen LogP contribution in [0, 0.1) is 13.8 Å². The molecule has 1 atom stereocenters. The first kappa shape index (κ1) is 9.72. The standard InChI is InChI=1S/C13H19N/c1-10-6-7-11(2)12(9-10)13-5-3-4-8-14-13/h6-7,9,13-14H,3-5,8H2,1-2H3/t13-/m0/s1. The zero-order valence-corrected chi connectivity index (χ0v) is 9.14. The zero-order chi connectivity index (χ0) is 9.97. The predicted molar refractivity (Wildman–Crippen MR) is 60.5 cm³/mol. The van der Waals surface area contributed by atoms with Crippen molar-refractivity contribution < 1.29 is 0 Å². The third kappa shape index (κ3) is 1.98. The molecule has 1 aromatic carbocycles. The van der Waals surface area contributed by atoms with Crippen molar-refractivity contribution in [2.75, 3.05) is 6.54 Å². The van der Waals surface area contributed by atoms with Crippen LogP contribution in [0.25, 0.3) is 0 Å². The van der Waals surface area contributed by atoms with Crippen molar-refractivity contribution in [3.8, 4) is 0 Å². The van der Waals surface area contributed by atoms with Crippen LogP contribution in [0.1, 0.15) is 42.0 Å². The molecule has 14 heavy (non-hydrogen) atoms. The highest BCUT2D eigenvalue weighted by molar-refractivity contribution is 5.33. The number of rotatable bonds is 1. The van der Waals surface area contributed by atoms with Gasteiger partial charge in [0.2, 0.25) is 0 Å². The van der Waals surface area contributed by atoms with Gasteiger partial charge in [0.15, 0.2) is 0 Å². The average molecular weight is 189 g/mol. The molecule has 76 valence electrons. The highest BCUT2D eigenvalue weighted by Crippen LogP contribution is 2.26. The lowest BCUT2D eigenvalue weighted by molar-refractivity contribution is 0.411. The molecule has 0 spiro atoms. The Morgan fingerprint density at radius 3 is 2.79 bits per heavy atom. The largest absolute Gasteiger partial charge is 0.310 e. The molecule has 1 saturated heterocycles. The Hall–Kier alpha value is -0.820. The minimum absolute atomic E-state index is 0.601. The van der Waals surface area contributed by atoms with Gasteiger partial charge in [0.1, 0.15) is 0 Å². The van der Waals surface area contributed by atoms with Gasteiger partial charge >= 0.3 is 0 Å². The molecule has 0 saturated carbocycles. The SMILES string of the molecule is Cc1ccc(C)c([C@@H]2CCCCN2)c1. The van der Waals surface area contributed by atoms with Crippen molar-refractivity contribution >= 4 is 0 Å². The number of aryl methyl sites for hydroxylation is 2. The number of piperidine rings is 1. The Kier molecular flexibility index (Phi) is 2.87. The van der Waals surface area contributed by atoms with Crippen molar-refractivity contribution in [2.45, 2.75) is 39.2 Å². The first-order chi connectivity index (χ1) is 6.77. The van der Waals surface area contributed by atoms with Gasteiger partial charge in [-0.05, 0) is 44.4 Å². The molecule has 0 aromatic heterocycles. The third-order valence-electron chi connectivity index (χ3n) is 3.12. The Morgan fingerprint density at radius 1 is 1.21 bits per heavy atom. The van der Waals surface area contributed by atoms with E-state index in [9.17, 15) is 0 Å².